The molecular formula is C33H39N3O5. The number of aliphatic hydroxyl groups is 1. The fraction of sp³-hybridized carbons (Fsp3) is 0.424. The van der Waals surface area contributed by atoms with Gasteiger partial charge in [0, 0.05) is 25.8 Å². The molecule has 0 radical (unpaired) electrons. The molecule has 2 aromatic carbocycles. The number of carbonyl (C=O) groups is 3. The largest absolute Gasteiger partial charge is 0.394 e. The Kier molecular flexibility index (Phi) is 7.90. The van der Waals surface area contributed by atoms with Crippen molar-refractivity contribution < 1.29 is 24.2 Å². The van der Waals surface area contributed by atoms with Crippen LogP contribution in [0.2, 0.25) is 0 Å². The van der Waals surface area contributed by atoms with Gasteiger partial charge in [0.2, 0.25) is 11.8 Å². The first kappa shape index (κ1) is 28.8. The van der Waals surface area contributed by atoms with Gasteiger partial charge >= 0.3 is 0 Å². The van der Waals surface area contributed by atoms with Gasteiger partial charge in [-0.15, -0.1) is 13.2 Å². The summed E-state index contributed by atoms with van der Waals surface area (Å²) in [5.74, 6) is -2.39. The molecule has 3 amide bonds. The van der Waals surface area contributed by atoms with E-state index in [1.54, 1.807) is 29.0 Å². The quantitative estimate of drug-likeness (QED) is 0.451. The minimum Gasteiger partial charge on any atom is -0.394 e. The summed E-state index contributed by atoms with van der Waals surface area (Å²) in [6.45, 7) is 11.7. The Balaban J connectivity index is 1.66. The van der Waals surface area contributed by atoms with Gasteiger partial charge in [0.25, 0.3) is 5.91 Å². The minimum atomic E-state index is -1.19. The smallest absolute Gasteiger partial charge is 0.253 e. The molecule has 5 rings (SSSR count). The maximum absolute atomic E-state index is 14.9. The maximum Gasteiger partial charge on any atom is 0.253 e. The summed E-state index contributed by atoms with van der Waals surface area (Å²) < 4.78 is 6.64. The third kappa shape index (κ3) is 4.59. The highest BCUT2D eigenvalue weighted by Crippen LogP contribution is 2.60. The Bertz CT molecular complexity index is 1360. The number of amides is 3. The second-order valence-corrected chi connectivity index (χ2v) is 11.4. The number of hydrogen-bond donors (Lipinski definition) is 1. The third-order valence-corrected chi connectivity index (χ3v) is 8.96. The molecule has 3 saturated heterocycles. The van der Waals surface area contributed by atoms with E-state index in [1.165, 1.54) is 4.90 Å². The maximum atomic E-state index is 14.9. The first-order valence-corrected chi connectivity index (χ1v) is 14.2. The molecule has 0 saturated carbocycles. The molecule has 8 nitrogen and oxygen atoms in total. The Labute approximate surface area is 241 Å². The van der Waals surface area contributed by atoms with E-state index in [0.29, 0.717) is 24.9 Å². The van der Waals surface area contributed by atoms with Crippen LogP contribution in [0.15, 0.2) is 73.8 Å². The van der Waals surface area contributed by atoms with Gasteiger partial charge in [-0.25, -0.2) is 0 Å². The van der Waals surface area contributed by atoms with Gasteiger partial charge in [-0.3, -0.25) is 14.4 Å². The number of aryl methyl sites for hydroxylation is 2. The highest BCUT2D eigenvalue weighted by atomic mass is 16.5. The van der Waals surface area contributed by atoms with Gasteiger partial charge in [0.1, 0.15) is 11.6 Å². The molecule has 3 aliphatic heterocycles. The van der Waals surface area contributed by atoms with Gasteiger partial charge in [0.05, 0.1) is 30.6 Å². The highest BCUT2D eigenvalue weighted by molar-refractivity contribution is 6.05. The van der Waals surface area contributed by atoms with Crippen LogP contribution in [0, 0.1) is 25.7 Å². The number of rotatable bonds is 10. The van der Waals surface area contributed by atoms with Crippen molar-refractivity contribution in [2.75, 3.05) is 31.6 Å². The minimum absolute atomic E-state index is 0.194. The van der Waals surface area contributed by atoms with Gasteiger partial charge < -0.3 is 24.5 Å². The molecule has 2 bridgehead atoms. The Hall–Kier alpha value is -3.75. The molecule has 1 spiro atoms. The summed E-state index contributed by atoms with van der Waals surface area (Å²) in [6.07, 6.45) is 3.89. The van der Waals surface area contributed by atoms with Crippen LogP contribution in [0.4, 0.5) is 5.69 Å². The lowest BCUT2D eigenvalue weighted by Gasteiger charge is -2.39. The average molecular weight is 558 g/mol. The van der Waals surface area contributed by atoms with Gasteiger partial charge in [-0.1, -0.05) is 54.6 Å². The lowest BCUT2D eigenvalue weighted by Crippen LogP contribution is -2.57. The topological polar surface area (TPSA) is 90.4 Å². The Morgan fingerprint density at radius 3 is 2.49 bits per heavy atom. The van der Waals surface area contributed by atoms with Crippen molar-refractivity contribution in [1.82, 2.24) is 9.80 Å². The first-order valence-electron chi connectivity index (χ1n) is 14.2. The monoisotopic (exact) mass is 557 g/mol. The van der Waals surface area contributed by atoms with Crippen molar-refractivity contribution >= 4 is 23.4 Å². The fourth-order valence-electron chi connectivity index (χ4n) is 7.15. The normalized spacial score (nSPS) is 26.9. The lowest BCUT2D eigenvalue weighted by molar-refractivity contribution is -0.147. The van der Waals surface area contributed by atoms with E-state index in [-0.39, 0.29) is 30.9 Å². The Morgan fingerprint density at radius 2 is 1.83 bits per heavy atom. The van der Waals surface area contributed by atoms with E-state index in [9.17, 15) is 19.5 Å². The molecule has 41 heavy (non-hydrogen) atoms. The predicted molar refractivity (Wildman–Crippen MR) is 157 cm³/mol. The summed E-state index contributed by atoms with van der Waals surface area (Å²) in [4.78, 5) is 47.8. The molecule has 1 N–H and O–H groups in total. The number of nitrogens with zero attached hydrogens (tertiary/aromatic N) is 3. The van der Waals surface area contributed by atoms with Crippen molar-refractivity contribution in [1.29, 1.82) is 0 Å². The van der Waals surface area contributed by atoms with E-state index in [0.717, 1.165) is 16.8 Å². The number of fused-ring (bicyclic) bond motifs is 1. The van der Waals surface area contributed by atoms with Crippen LogP contribution in [0.3, 0.4) is 0 Å². The van der Waals surface area contributed by atoms with Gasteiger partial charge in [-0.05, 0) is 49.4 Å². The number of ether oxygens (including phenoxy) is 1. The van der Waals surface area contributed by atoms with Crippen LogP contribution < -0.4 is 4.90 Å². The molecule has 3 aliphatic rings. The molecule has 216 valence electrons. The van der Waals surface area contributed by atoms with Crippen molar-refractivity contribution in [3.05, 3.63) is 90.5 Å². The zero-order chi connectivity index (χ0) is 29.5. The molecule has 2 aromatic rings. The second kappa shape index (κ2) is 11.3. The number of likely N-dealkylation sites (tertiary alicyclic amines) is 1. The number of likely N-dealkylation sites (N-methyl/N-ethyl adjacent to an activating group) is 1. The van der Waals surface area contributed by atoms with Crippen LogP contribution in [-0.4, -0.2) is 77.1 Å². The zero-order valence-corrected chi connectivity index (χ0v) is 24.0. The molecule has 0 aliphatic carbocycles. The summed E-state index contributed by atoms with van der Waals surface area (Å²) in [7, 11) is 1.69. The van der Waals surface area contributed by atoms with E-state index in [2.05, 4.69) is 13.2 Å². The number of anilines is 1. The molecular weight excluding hydrogens is 518 g/mol. The van der Waals surface area contributed by atoms with Crippen LogP contribution in [-0.2, 0) is 19.1 Å². The molecule has 8 heteroatoms. The van der Waals surface area contributed by atoms with E-state index in [4.69, 9.17) is 4.74 Å². The number of carbonyl (C=O) groups excluding carboxylic acids is 3. The molecule has 6 atom stereocenters. The van der Waals surface area contributed by atoms with E-state index in [1.807, 2.05) is 62.4 Å². The SMILES string of the molecule is C=CCN(C)C(=O)[C@@H]1[C@H]2C(=O)N([C@H](CO)c3ccccc3)C(C(=O)N(CC=C)c3cc(C)ccc3C)C23CC[C@H]1O3. The first-order chi connectivity index (χ1) is 19.7. The third-order valence-electron chi connectivity index (χ3n) is 8.96. The molecule has 0 aromatic heterocycles. The van der Waals surface area contributed by atoms with Crippen LogP contribution >= 0.6 is 0 Å². The molecule has 2 unspecified atom stereocenters. The number of aliphatic hydroxyl groups excluding tert-OH is 1. The van der Waals surface area contributed by atoms with Crippen LogP contribution in [0.5, 0.6) is 0 Å². The summed E-state index contributed by atoms with van der Waals surface area (Å²) >= 11 is 0. The standard InChI is InChI=1S/C33H39N3O5/c1-6-17-34(5)30(38)27-26-15-16-33(41-26)28(27)31(39)36(25(20-37)23-11-9-8-10-12-23)29(33)32(40)35(18-7-2)24-19-21(3)13-14-22(24)4/h6-14,19,25-29,37H,1-2,15-18,20H2,3-5H3/t25-,26-,27+,28+,29?,33?/m1/s1. The Morgan fingerprint density at radius 1 is 1.12 bits per heavy atom. The second-order valence-electron chi connectivity index (χ2n) is 11.4. The van der Waals surface area contributed by atoms with Gasteiger partial charge in [-0.2, -0.15) is 0 Å². The van der Waals surface area contributed by atoms with Crippen molar-refractivity contribution in [3.8, 4) is 0 Å². The molecule has 3 fully saturated rings. The zero-order valence-electron chi connectivity index (χ0n) is 24.0. The average Bonchev–Trinajstić information content (AvgIpc) is 3.61. The van der Waals surface area contributed by atoms with Crippen LogP contribution in [0.25, 0.3) is 0 Å². The van der Waals surface area contributed by atoms with Crippen molar-refractivity contribution in [2.45, 2.75) is 50.5 Å². The fourth-order valence-corrected chi connectivity index (χ4v) is 7.15. The summed E-state index contributed by atoms with van der Waals surface area (Å²) in [5, 5.41) is 10.7. The summed E-state index contributed by atoms with van der Waals surface area (Å²) in [6, 6.07) is 13.3. The van der Waals surface area contributed by atoms with E-state index >= 15 is 0 Å². The van der Waals surface area contributed by atoms with Crippen LogP contribution in [0.1, 0.15) is 35.6 Å². The van der Waals surface area contributed by atoms with E-state index < -0.39 is 35.6 Å². The van der Waals surface area contributed by atoms with Crippen molar-refractivity contribution in [3.63, 3.8) is 0 Å². The van der Waals surface area contributed by atoms with Gasteiger partial charge in [0.15, 0.2) is 0 Å². The summed E-state index contributed by atoms with van der Waals surface area (Å²) in [5.41, 5.74) is 2.16. The lowest BCUT2D eigenvalue weighted by atomic mass is 9.70. The highest BCUT2D eigenvalue weighted by Gasteiger charge is 2.75. The number of hydrogen-bond acceptors (Lipinski definition) is 5. The number of benzene rings is 2. The predicted octanol–water partition coefficient (Wildman–Crippen LogP) is 3.58. The molecule has 3 heterocycles. The van der Waals surface area contributed by atoms with Crippen molar-refractivity contribution in [2.24, 2.45) is 11.8 Å².